The fraction of sp³-hybridized carbons (Fsp3) is 0.0769. The van der Waals surface area contributed by atoms with Gasteiger partial charge in [-0.05, 0) is 25.1 Å². The Bertz CT molecular complexity index is 790. The van der Waals surface area contributed by atoms with Crippen LogP contribution in [0.5, 0.6) is 0 Å². The second-order valence-corrected chi connectivity index (χ2v) is 6.00. The van der Waals surface area contributed by atoms with Gasteiger partial charge in [-0.15, -0.1) is 0 Å². The number of amides is 2. The lowest BCUT2D eigenvalue weighted by Gasteiger charge is -2.08. The van der Waals surface area contributed by atoms with Gasteiger partial charge in [0.1, 0.15) is 0 Å². The summed E-state index contributed by atoms with van der Waals surface area (Å²) < 4.78 is 25.8. The number of benzene rings is 1. The average molecular weight is 307 g/mol. The number of hydrogen-bond donors (Lipinski definition) is 3. The number of carbonyl (C=O) groups excluding carboxylic acids is 1. The molecular weight excluding hydrogens is 294 g/mol. The first-order chi connectivity index (χ1) is 9.87. The van der Waals surface area contributed by atoms with Gasteiger partial charge in [0.15, 0.2) is 0 Å². The zero-order valence-corrected chi connectivity index (χ0v) is 11.9. The highest BCUT2D eigenvalue weighted by molar-refractivity contribution is 7.90. The van der Waals surface area contributed by atoms with Crippen LogP contribution >= 0.6 is 0 Å². The maximum absolute atomic E-state index is 12.0. The lowest BCUT2D eigenvalue weighted by Crippen LogP contribution is -2.34. The van der Waals surface area contributed by atoms with Crippen molar-refractivity contribution in [2.45, 2.75) is 11.8 Å². The number of H-pyrrole nitrogens is 1. The number of hydrogen-bond acceptors (Lipinski definition) is 4. The van der Waals surface area contributed by atoms with Crippen LogP contribution in [0.3, 0.4) is 0 Å². The van der Waals surface area contributed by atoms with E-state index in [1.807, 2.05) is 11.6 Å². The zero-order chi connectivity index (χ0) is 15.5. The number of sulfonamides is 1. The van der Waals surface area contributed by atoms with Crippen molar-refractivity contribution in [2.75, 3.05) is 5.32 Å². The molecule has 2 rings (SSSR count). The van der Waals surface area contributed by atoms with E-state index in [0.29, 0.717) is 0 Å². The Kier molecular flexibility index (Phi) is 4.08. The highest BCUT2D eigenvalue weighted by atomic mass is 32.2. The van der Waals surface area contributed by atoms with Gasteiger partial charge in [0.2, 0.25) is 5.56 Å². The minimum Gasteiger partial charge on any atom is -0.327 e. The number of urea groups is 1. The van der Waals surface area contributed by atoms with Crippen LogP contribution in [0.25, 0.3) is 0 Å². The minimum atomic E-state index is -3.94. The van der Waals surface area contributed by atoms with Crippen LogP contribution in [-0.2, 0) is 10.0 Å². The molecule has 0 bridgehead atoms. The third-order valence-electron chi connectivity index (χ3n) is 2.60. The van der Waals surface area contributed by atoms with Crippen molar-refractivity contribution in [3.8, 4) is 0 Å². The summed E-state index contributed by atoms with van der Waals surface area (Å²) in [5.41, 5.74) is 0.853. The van der Waals surface area contributed by atoms with Crippen LogP contribution in [-0.4, -0.2) is 19.4 Å². The Labute approximate surface area is 121 Å². The fourth-order valence-electron chi connectivity index (χ4n) is 1.54. The number of anilines is 1. The summed E-state index contributed by atoms with van der Waals surface area (Å²) in [6.45, 7) is 1.83. The molecule has 110 valence electrons. The maximum atomic E-state index is 12.0. The molecule has 0 aliphatic carbocycles. The Balaban J connectivity index is 2.09. The number of carbonyl (C=O) groups is 1. The van der Waals surface area contributed by atoms with E-state index in [2.05, 4.69) is 10.3 Å². The smallest absolute Gasteiger partial charge is 0.327 e. The van der Waals surface area contributed by atoms with Crippen LogP contribution in [0.2, 0.25) is 0 Å². The molecule has 7 nitrogen and oxygen atoms in total. The predicted molar refractivity (Wildman–Crippen MR) is 77.6 cm³/mol. The molecule has 0 saturated heterocycles. The number of nitrogens with one attached hydrogen (secondary N) is 3. The van der Waals surface area contributed by atoms with E-state index >= 15 is 0 Å². The summed E-state index contributed by atoms with van der Waals surface area (Å²) in [5, 5.41) is 2.31. The molecule has 2 aromatic rings. The molecule has 0 unspecified atom stereocenters. The number of aromatic amines is 1. The zero-order valence-electron chi connectivity index (χ0n) is 11.1. The van der Waals surface area contributed by atoms with Crippen LogP contribution in [0, 0.1) is 6.92 Å². The summed E-state index contributed by atoms with van der Waals surface area (Å²) in [7, 11) is -3.94. The highest BCUT2D eigenvalue weighted by Crippen LogP contribution is 2.10. The first-order valence-corrected chi connectivity index (χ1v) is 7.44. The summed E-state index contributed by atoms with van der Waals surface area (Å²) >= 11 is 0. The first-order valence-electron chi connectivity index (χ1n) is 5.96. The maximum Gasteiger partial charge on any atom is 0.333 e. The summed E-state index contributed by atoms with van der Waals surface area (Å²) in [4.78, 5) is 24.9. The Hall–Kier alpha value is -2.61. The molecule has 0 fully saturated rings. The van der Waals surface area contributed by atoms with Crippen LogP contribution in [0.4, 0.5) is 10.5 Å². The minimum absolute atomic E-state index is 0.00952. The van der Waals surface area contributed by atoms with Gasteiger partial charge in [0, 0.05) is 12.3 Å². The second kappa shape index (κ2) is 5.80. The lowest BCUT2D eigenvalue weighted by molar-refractivity contribution is 0.256. The third-order valence-corrected chi connectivity index (χ3v) is 3.95. The van der Waals surface area contributed by atoms with Gasteiger partial charge in [0.25, 0.3) is 10.0 Å². The van der Waals surface area contributed by atoms with Crippen molar-refractivity contribution in [1.29, 1.82) is 0 Å². The van der Waals surface area contributed by atoms with Gasteiger partial charge in [-0.25, -0.2) is 17.9 Å². The summed E-state index contributed by atoms with van der Waals surface area (Å²) in [6, 6.07) is 7.74. The molecule has 8 heteroatoms. The van der Waals surface area contributed by atoms with E-state index < -0.39 is 16.1 Å². The van der Waals surface area contributed by atoms with E-state index in [-0.39, 0.29) is 16.1 Å². The molecule has 0 atom stereocenters. The third kappa shape index (κ3) is 3.93. The molecule has 2 amide bonds. The van der Waals surface area contributed by atoms with E-state index in [4.69, 9.17) is 0 Å². The highest BCUT2D eigenvalue weighted by Gasteiger charge is 2.17. The molecule has 1 heterocycles. The number of rotatable bonds is 3. The predicted octanol–water partition coefficient (Wildman–Crippen LogP) is 1.19. The van der Waals surface area contributed by atoms with Crippen molar-refractivity contribution in [1.82, 2.24) is 9.71 Å². The second-order valence-electron chi connectivity index (χ2n) is 4.31. The van der Waals surface area contributed by atoms with E-state index in [1.54, 1.807) is 12.1 Å². The molecule has 0 saturated carbocycles. The standard InChI is InChI=1S/C13H13N3O4S/c1-9-2-5-11(6-3-9)21(19,20)16-13(18)15-10-4-7-12(17)14-8-10/h2-8H,1H3,(H,14,17)(H2,15,16,18). The molecule has 1 aromatic heterocycles. The number of aryl methyl sites for hydroxylation is 1. The molecule has 1 aromatic carbocycles. The van der Waals surface area contributed by atoms with Crippen LogP contribution in [0.15, 0.2) is 52.3 Å². The largest absolute Gasteiger partial charge is 0.333 e. The van der Waals surface area contributed by atoms with Crippen molar-refractivity contribution in [3.05, 3.63) is 58.5 Å². The van der Waals surface area contributed by atoms with E-state index in [9.17, 15) is 18.0 Å². The van der Waals surface area contributed by atoms with Crippen molar-refractivity contribution in [2.24, 2.45) is 0 Å². The lowest BCUT2D eigenvalue weighted by atomic mass is 10.2. The Morgan fingerprint density at radius 1 is 1.10 bits per heavy atom. The van der Waals surface area contributed by atoms with Gasteiger partial charge in [-0.1, -0.05) is 17.7 Å². The van der Waals surface area contributed by atoms with Crippen LogP contribution < -0.4 is 15.6 Å². The van der Waals surface area contributed by atoms with Gasteiger partial charge < -0.3 is 10.3 Å². The quantitative estimate of drug-likeness (QED) is 0.791. The van der Waals surface area contributed by atoms with E-state index in [0.717, 1.165) is 5.56 Å². The fourth-order valence-corrected chi connectivity index (χ4v) is 2.45. The first kappa shape index (κ1) is 14.8. The number of pyridine rings is 1. The molecule has 0 aliphatic heterocycles. The van der Waals surface area contributed by atoms with Crippen molar-refractivity contribution in [3.63, 3.8) is 0 Å². The monoisotopic (exact) mass is 307 g/mol. The number of aromatic nitrogens is 1. The van der Waals surface area contributed by atoms with Gasteiger partial charge in [-0.3, -0.25) is 4.79 Å². The average Bonchev–Trinajstić information content (AvgIpc) is 2.41. The summed E-state index contributed by atoms with van der Waals surface area (Å²) in [5.74, 6) is 0. The Morgan fingerprint density at radius 3 is 2.33 bits per heavy atom. The van der Waals surface area contributed by atoms with Gasteiger partial charge in [-0.2, -0.15) is 0 Å². The topological polar surface area (TPSA) is 108 Å². The van der Waals surface area contributed by atoms with Crippen molar-refractivity contribution < 1.29 is 13.2 Å². The normalized spacial score (nSPS) is 10.9. The SMILES string of the molecule is Cc1ccc(S(=O)(=O)NC(=O)Nc2ccc(=O)[nH]c2)cc1. The molecule has 21 heavy (non-hydrogen) atoms. The van der Waals surface area contributed by atoms with Gasteiger partial charge >= 0.3 is 6.03 Å². The van der Waals surface area contributed by atoms with Crippen molar-refractivity contribution >= 4 is 21.7 Å². The molecular formula is C13H13N3O4S. The van der Waals surface area contributed by atoms with E-state index in [1.165, 1.54) is 30.5 Å². The molecule has 0 radical (unpaired) electrons. The molecule has 3 N–H and O–H groups in total. The van der Waals surface area contributed by atoms with Gasteiger partial charge in [0.05, 0.1) is 10.6 Å². The van der Waals surface area contributed by atoms with Crippen LogP contribution in [0.1, 0.15) is 5.56 Å². The molecule has 0 spiro atoms. The summed E-state index contributed by atoms with van der Waals surface area (Å²) in [6.07, 6.45) is 1.26. The Morgan fingerprint density at radius 2 is 1.76 bits per heavy atom. The molecule has 0 aliphatic rings.